The molecule has 3 aliphatic heterocycles. The normalized spacial score (nSPS) is 24.3. The van der Waals surface area contributed by atoms with Crippen LogP contribution in [-0.2, 0) is 28.2 Å². The number of halogens is 2. The van der Waals surface area contributed by atoms with Crippen LogP contribution in [0.5, 0.6) is 5.75 Å². The molecule has 3 N–H and O–H groups in total. The fraction of sp³-hybridized carbons (Fsp3) is 0.500. The van der Waals surface area contributed by atoms with Gasteiger partial charge in [-0.25, -0.2) is 13.8 Å². The van der Waals surface area contributed by atoms with Gasteiger partial charge >= 0.3 is 0 Å². The number of likely N-dealkylation sites (tertiary alicyclic amines) is 1. The summed E-state index contributed by atoms with van der Waals surface area (Å²) in [5.41, 5.74) is 3.67. The third-order valence-electron chi connectivity index (χ3n) is 8.05. The summed E-state index contributed by atoms with van der Waals surface area (Å²) in [5, 5.41) is 10.4. The highest BCUT2D eigenvalue weighted by molar-refractivity contribution is 6.37. The minimum absolute atomic E-state index is 0.109. The molecule has 1 aromatic heterocycles. The Hall–Kier alpha value is -3.67. The molecule has 10 nitrogen and oxygen atoms in total. The molecule has 4 aliphatic rings. The molecule has 4 heterocycles. The smallest absolute Gasteiger partial charge is 0.296 e. The van der Waals surface area contributed by atoms with Crippen molar-refractivity contribution in [2.45, 2.75) is 56.9 Å². The van der Waals surface area contributed by atoms with E-state index in [9.17, 15) is 33.1 Å². The Balaban J connectivity index is 1.60. The second-order valence-electron chi connectivity index (χ2n) is 10.4. The third kappa shape index (κ3) is 4.57. The Morgan fingerprint density at radius 3 is 2.42 bits per heavy atom. The largest absolute Gasteiger partial charge is 0.501 e. The number of ketones is 1. The molecule has 0 radical (unpaired) electrons. The maximum absolute atomic E-state index is 13.7. The molecule has 0 spiro atoms. The zero-order valence-electron chi connectivity index (χ0n) is 20.7. The van der Waals surface area contributed by atoms with Gasteiger partial charge in [0.2, 0.25) is 11.5 Å². The minimum Gasteiger partial charge on any atom is -0.501 e. The second-order valence-corrected chi connectivity index (χ2v) is 10.4. The number of hydrogen-bond acceptors (Lipinski definition) is 7. The predicted octanol–water partition coefficient (Wildman–Crippen LogP) is 1.23. The van der Waals surface area contributed by atoms with Gasteiger partial charge in [0.05, 0.1) is 18.6 Å². The lowest BCUT2D eigenvalue weighted by atomic mass is 9.76. The van der Waals surface area contributed by atoms with Gasteiger partial charge in [0.25, 0.3) is 17.4 Å². The SMILES string of the molecule is NC(=O)c1nc2n(c(=O)c1O)CC1CCC2(N(CC(=O)C(=O)N2CC[C@@H](F)C2)Cc2ccc(F)cc2)CC1. The molecule has 12 heteroatoms. The number of hydrogen-bond donors (Lipinski definition) is 2. The monoisotopic (exact) mass is 529 g/mol. The molecule has 6 rings (SSSR count). The first-order valence-electron chi connectivity index (χ1n) is 12.7. The Morgan fingerprint density at radius 1 is 1.13 bits per heavy atom. The number of Topliss-reactive ketones (excluding diaryl/α,β-unsaturated/α-hetero) is 1. The number of fused-ring (bicyclic) bond motifs is 2. The molecule has 38 heavy (non-hydrogen) atoms. The number of amides is 2. The zero-order chi connectivity index (χ0) is 27.2. The summed E-state index contributed by atoms with van der Waals surface area (Å²) in [5.74, 6) is -3.56. The Bertz CT molecular complexity index is 1340. The van der Waals surface area contributed by atoms with Gasteiger partial charge in [0, 0.05) is 19.6 Å². The van der Waals surface area contributed by atoms with Crippen LogP contribution in [0, 0.1) is 11.7 Å². The van der Waals surface area contributed by atoms with Crippen LogP contribution in [0.15, 0.2) is 29.1 Å². The Kier molecular flexibility index (Phi) is 6.76. The van der Waals surface area contributed by atoms with Gasteiger partial charge < -0.3 is 15.7 Å². The molecule has 1 aromatic carbocycles. The number of carbonyl (C=O) groups excluding carboxylic acids is 3. The van der Waals surface area contributed by atoms with E-state index in [1.165, 1.54) is 21.6 Å². The standard InChI is InChI=1S/C26H29F2N5O5/c27-17-3-1-15(2-4-17)11-32(14-19(34)23(37)31-10-7-18(28)13-31)26-8-5-16(6-9-26)12-33-24(38)21(35)20(22(29)36)30-25(26)33/h1-4,16,18,35H,5-14H2,(H2,29,36)/t16?,18-,26?/m1/s1. The van der Waals surface area contributed by atoms with Crippen LogP contribution < -0.4 is 11.3 Å². The lowest BCUT2D eigenvalue weighted by Crippen LogP contribution is -2.53. The first-order valence-corrected chi connectivity index (χ1v) is 12.7. The Labute approximate surface area is 217 Å². The molecule has 0 unspecified atom stereocenters. The molecule has 1 saturated carbocycles. The number of nitrogens with zero attached hydrogens (tertiary/aromatic N) is 4. The minimum atomic E-state index is -1.18. The summed E-state index contributed by atoms with van der Waals surface area (Å²) in [6.07, 6.45) is 1.27. The van der Waals surface area contributed by atoms with Crippen molar-refractivity contribution < 1.29 is 28.3 Å². The summed E-state index contributed by atoms with van der Waals surface area (Å²) in [7, 11) is 0. The highest BCUT2D eigenvalue weighted by atomic mass is 19.1. The van der Waals surface area contributed by atoms with E-state index in [0.717, 1.165) is 0 Å². The lowest BCUT2D eigenvalue weighted by Gasteiger charge is -2.45. The van der Waals surface area contributed by atoms with Gasteiger partial charge in [-0.2, -0.15) is 0 Å². The molecule has 2 aromatic rings. The lowest BCUT2D eigenvalue weighted by molar-refractivity contribution is -0.146. The summed E-state index contributed by atoms with van der Waals surface area (Å²) >= 11 is 0. The number of aromatic hydroxyl groups is 1. The number of carbonyl (C=O) groups is 3. The maximum atomic E-state index is 13.7. The van der Waals surface area contributed by atoms with E-state index in [4.69, 9.17) is 5.73 Å². The van der Waals surface area contributed by atoms with Crippen molar-refractivity contribution in [3.05, 3.63) is 57.5 Å². The van der Waals surface area contributed by atoms with Gasteiger partial charge in [-0.1, -0.05) is 12.1 Å². The van der Waals surface area contributed by atoms with Gasteiger partial charge in [0.15, 0.2) is 5.69 Å². The molecule has 202 valence electrons. The van der Waals surface area contributed by atoms with Crippen molar-refractivity contribution in [1.82, 2.24) is 19.4 Å². The van der Waals surface area contributed by atoms with E-state index in [2.05, 4.69) is 4.98 Å². The van der Waals surface area contributed by atoms with Crippen LogP contribution in [0.1, 0.15) is 54.0 Å². The summed E-state index contributed by atoms with van der Waals surface area (Å²) < 4.78 is 28.7. The number of primary amides is 1. The highest BCUT2D eigenvalue weighted by Gasteiger charge is 2.49. The molecular formula is C26H29F2N5O5. The quantitative estimate of drug-likeness (QED) is 0.515. The topological polar surface area (TPSA) is 139 Å². The molecule has 1 atom stereocenters. The molecule has 2 fully saturated rings. The first-order chi connectivity index (χ1) is 18.1. The van der Waals surface area contributed by atoms with E-state index in [1.807, 2.05) is 0 Å². The number of rotatable bonds is 7. The van der Waals surface area contributed by atoms with Crippen LogP contribution in [0.4, 0.5) is 8.78 Å². The van der Waals surface area contributed by atoms with E-state index in [1.54, 1.807) is 17.0 Å². The molecule has 1 aliphatic carbocycles. The third-order valence-corrected chi connectivity index (χ3v) is 8.05. The average molecular weight is 530 g/mol. The van der Waals surface area contributed by atoms with Crippen LogP contribution in [-0.4, -0.2) is 67.9 Å². The fourth-order valence-electron chi connectivity index (χ4n) is 6.01. The number of benzene rings is 1. The second kappa shape index (κ2) is 9.90. The maximum Gasteiger partial charge on any atom is 0.296 e. The van der Waals surface area contributed by atoms with Crippen molar-refractivity contribution in [2.75, 3.05) is 19.6 Å². The number of alkyl halides is 1. The van der Waals surface area contributed by atoms with Crippen molar-refractivity contribution >= 4 is 17.6 Å². The first kappa shape index (κ1) is 26.0. The van der Waals surface area contributed by atoms with Crippen molar-refractivity contribution in [3.8, 4) is 5.75 Å². The van der Waals surface area contributed by atoms with E-state index >= 15 is 0 Å². The molecular weight excluding hydrogens is 500 g/mol. The highest BCUT2D eigenvalue weighted by Crippen LogP contribution is 2.47. The van der Waals surface area contributed by atoms with Crippen LogP contribution in [0.25, 0.3) is 0 Å². The van der Waals surface area contributed by atoms with Crippen molar-refractivity contribution in [1.29, 1.82) is 0 Å². The average Bonchev–Trinajstić information content (AvgIpc) is 3.18. The van der Waals surface area contributed by atoms with E-state index < -0.39 is 52.1 Å². The van der Waals surface area contributed by atoms with E-state index in [-0.39, 0.29) is 50.9 Å². The fourth-order valence-corrected chi connectivity index (χ4v) is 6.01. The van der Waals surface area contributed by atoms with E-state index in [0.29, 0.717) is 31.2 Å². The summed E-state index contributed by atoms with van der Waals surface area (Å²) in [4.78, 5) is 58.7. The molecule has 2 bridgehead atoms. The van der Waals surface area contributed by atoms with Crippen LogP contribution in [0.3, 0.4) is 0 Å². The van der Waals surface area contributed by atoms with Gasteiger partial charge in [0.1, 0.15) is 17.8 Å². The Morgan fingerprint density at radius 2 is 1.82 bits per heavy atom. The van der Waals surface area contributed by atoms with Gasteiger partial charge in [-0.3, -0.25) is 28.6 Å². The van der Waals surface area contributed by atoms with Gasteiger partial charge in [-0.15, -0.1) is 0 Å². The predicted molar refractivity (Wildman–Crippen MR) is 130 cm³/mol. The zero-order valence-corrected chi connectivity index (χ0v) is 20.7. The van der Waals surface area contributed by atoms with Gasteiger partial charge in [-0.05, 0) is 55.7 Å². The van der Waals surface area contributed by atoms with Crippen molar-refractivity contribution in [3.63, 3.8) is 0 Å². The van der Waals surface area contributed by atoms with Crippen LogP contribution in [0.2, 0.25) is 0 Å². The summed E-state index contributed by atoms with van der Waals surface area (Å²) in [6.45, 7) is 0.0295. The van der Waals surface area contributed by atoms with Crippen LogP contribution >= 0.6 is 0 Å². The number of nitrogens with two attached hydrogens (primary N) is 1. The molecule has 1 saturated heterocycles. The number of aromatic nitrogens is 2. The molecule has 2 amide bonds. The van der Waals surface area contributed by atoms with Crippen molar-refractivity contribution in [2.24, 2.45) is 11.7 Å². The summed E-state index contributed by atoms with van der Waals surface area (Å²) in [6, 6.07) is 5.70.